The second-order valence-corrected chi connectivity index (χ2v) is 6.27. The summed E-state index contributed by atoms with van der Waals surface area (Å²) in [4.78, 5) is 13.1. The highest BCUT2D eigenvalue weighted by molar-refractivity contribution is 6.11. The number of hydrogen-bond donors (Lipinski definition) is 0. The maximum Gasteiger partial charge on any atom is 0.190 e. The molecule has 1 aromatic carbocycles. The Bertz CT molecular complexity index is 734. The van der Waals surface area contributed by atoms with Crippen molar-refractivity contribution in [3.8, 4) is 0 Å². The predicted octanol–water partition coefficient (Wildman–Crippen LogP) is 4.62. The summed E-state index contributed by atoms with van der Waals surface area (Å²) >= 11 is 0. The lowest BCUT2D eigenvalue weighted by Crippen LogP contribution is -2.33. The lowest BCUT2D eigenvalue weighted by atomic mass is 9.85. The minimum absolute atomic E-state index is 0.146. The number of ketones is 1. The average Bonchev–Trinajstić information content (AvgIpc) is 3.11. The van der Waals surface area contributed by atoms with Crippen molar-refractivity contribution in [1.82, 2.24) is 0 Å². The zero-order chi connectivity index (χ0) is 15.6. The molecule has 3 aliphatic rings. The third kappa shape index (κ3) is 2.75. The van der Waals surface area contributed by atoms with Crippen LogP contribution in [0.3, 0.4) is 0 Å². The van der Waals surface area contributed by atoms with E-state index in [1.807, 2.05) is 42.5 Å². The first-order chi connectivity index (χ1) is 11.3. The summed E-state index contributed by atoms with van der Waals surface area (Å²) in [6.45, 7) is 0. The third-order valence-corrected chi connectivity index (χ3v) is 4.70. The lowest BCUT2D eigenvalue weighted by Gasteiger charge is -2.33. The first kappa shape index (κ1) is 14.4. The van der Waals surface area contributed by atoms with Crippen LogP contribution in [-0.2, 0) is 9.53 Å². The topological polar surface area (TPSA) is 26.3 Å². The smallest absolute Gasteiger partial charge is 0.190 e. The van der Waals surface area contributed by atoms with E-state index in [9.17, 15) is 4.79 Å². The summed E-state index contributed by atoms with van der Waals surface area (Å²) in [5.74, 6) is 0.146. The zero-order valence-electron chi connectivity index (χ0n) is 13.1. The first-order valence-corrected chi connectivity index (χ1v) is 8.35. The lowest BCUT2D eigenvalue weighted by molar-refractivity contribution is -0.118. The van der Waals surface area contributed by atoms with Crippen LogP contribution >= 0.6 is 0 Å². The molecule has 0 bridgehead atoms. The second kappa shape index (κ2) is 6.13. The van der Waals surface area contributed by atoms with Crippen molar-refractivity contribution < 1.29 is 9.53 Å². The molecule has 1 aliphatic heterocycles. The highest BCUT2D eigenvalue weighted by Gasteiger charge is 2.37. The largest absolute Gasteiger partial charge is 0.356 e. The molecule has 23 heavy (non-hydrogen) atoms. The molecule has 0 radical (unpaired) electrons. The van der Waals surface area contributed by atoms with E-state index in [0.29, 0.717) is 0 Å². The van der Waals surface area contributed by atoms with E-state index in [-0.39, 0.29) is 18.0 Å². The van der Waals surface area contributed by atoms with Gasteiger partial charge in [-0.3, -0.25) is 4.79 Å². The summed E-state index contributed by atoms with van der Waals surface area (Å²) in [7, 11) is 0. The molecule has 0 N–H and O–H groups in total. The number of Topliss-reactive ketones (excluding diaryl/α,β-unsaturated/α-hetero) is 1. The molecule has 1 fully saturated rings. The van der Waals surface area contributed by atoms with Gasteiger partial charge in [-0.15, -0.1) is 0 Å². The van der Waals surface area contributed by atoms with E-state index in [0.717, 1.165) is 36.0 Å². The van der Waals surface area contributed by atoms with E-state index >= 15 is 0 Å². The van der Waals surface area contributed by atoms with Crippen LogP contribution in [0, 0.1) is 0 Å². The Balaban J connectivity index is 1.77. The van der Waals surface area contributed by atoms with E-state index in [1.54, 1.807) is 0 Å². The standard InChI is InChI=1S/C21H20O2/c22-20-17-12-6-7-13-19(17)23-21(16-10-2-1-3-11-16)18(20)14-15-8-4-5-9-15/h1-3,7-8,10-14,19,21H,4-6,9H2/b18-14+. The summed E-state index contributed by atoms with van der Waals surface area (Å²) in [5, 5.41) is 0. The van der Waals surface area contributed by atoms with Crippen molar-refractivity contribution in [3.05, 3.63) is 83.0 Å². The molecule has 0 aromatic heterocycles. The van der Waals surface area contributed by atoms with E-state index in [4.69, 9.17) is 4.74 Å². The highest BCUT2D eigenvalue weighted by Crippen LogP contribution is 2.39. The molecule has 0 saturated carbocycles. The molecule has 2 atom stereocenters. The molecular formula is C21H20O2. The monoisotopic (exact) mass is 304 g/mol. The Morgan fingerprint density at radius 1 is 1.13 bits per heavy atom. The van der Waals surface area contributed by atoms with Gasteiger partial charge < -0.3 is 4.74 Å². The molecular weight excluding hydrogens is 284 g/mol. The predicted molar refractivity (Wildman–Crippen MR) is 90.9 cm³/mol. The molecule has 2 unspecified atom stereocenters. The molecule has 0 amide bonds. The van der Waals surface area contributed by atoms with Gasteiger partial charge >= 0.3 is 0 Å². The van der Waals surface area contributed by atoms with Crippen molar-refractivity contribution in [2.75, 3.05) is 0 Å². The molecule has 2 nitrogen and oxygen atoms in total. The summed E-state index contributed by atoms with van der Waals surface area (Å²) in [6, 6.07) is 10.1. The molecule has 116 valence electrons. The molecule has 1 heterocycles. The SMILES string of the molecule is O=C1C2=CCC=CC2OC(c2ccccc2)/C1=C/C1=CCCC1. The van der Waals surface area contributed by atoms with Crippen LogP contribution in [0.4, 0.5) is 0 Å². The third-order valence-electron chi connectivity index (χ3n) is 4.70. The minimum Gasteiger partial charge on any atom is -0.356 e. The van der Waals surface area contributed by atoms with Gasteiger partial charge in [-0.25, -0.2) is 0 Å². The number of fused-ring (bicyclic) bond motifs is 1. The van der Waals surface area contributed by atoms with Crippen molar-refractivity contribution in [3.63, 3.8) is 0 Å². The van der Waals surface area contributed by atoms with Gasteiger partial charge in [0.25, 0.3) is 0 Å². The second-order valence-electron chi connectivity index (χ2n) is 6.27. The maximum absolute atomic E-state index is 13.1. The van der Waals surface area contributed by atoms with Gasteiger partial charge in [0.05, 0.1) is 0 Å². The van der Waals surface area contributed by atoms with Gasteiger partial charge in [0, 0.05) is 11.1 Å². The van der Waals surface area contributed by atoms with Crippen molar-refractivity contribution in [2.24, 2.45) is 0 Å². The fourth-order valence-corrected chi connectivity index (χ4v) is 3.52. The first-order valence-electron chi connectivity index (χ1n) is 8.35. The van der Waals surface area contributed by atoms with Crippen LogP contribution in [-0.4, -0.2) is 11.9 Å². The highest BCUT2D eigenvalue weighted by atomic mass is 16.5. The van der Waals surface area contributed by atoms with Crippen LogP contribution in [0.25, 0.3) is 0 Å². The Labute approximate surface area is 136 Å². The molecule has 0 spiro atoms. The van der Waals surface area contributed by atoms with E-state index < -0.39 is 0 Å². The minimum atomic E-state index is -0.282. The molecule has 4 rings (SSSR count). The Morgan fingerprint density at radius 3 is 2.78 bits per heavy atom. The van der Waals surface area contributed by atoms with Crippen molar-refractivity contribution in [2.45, 2.75) is 37.9 Å². The van der Waals surface area contributed by atoms with Gasteiger partial charge in [0.15, 0.2) is 5.78 Å². The number of carbonyl (C=O) groups is 1. The van der Waals surface area contributed by atoms with Crippen LogP contribution in [0.1, 0.15) is 37.4 Å². The van der Waals surface area contributed by atoms with Crippen LogP contribution in [0.15, 0.2) is 77.4 Å². The maximum atomic E-state index is 13.1. The van der Waals surface area contributed by atoms with Crippen molar-refractivity contribution >= 4 is 5.78 Å². The normalized spacial score (nSPS) is 28.5. The van der Waals surface area contributed by atoms with Gasteiger partial charge in [-0.2, -0.15) is 0 Å². The molecule has 1 aromatic rings. The Hall–Kier alpha value is -2.19. The fourth-order valence-electron chi connectivity index (χ4n) is 3.52. The number of ether oxygens (including phenoxy) is 1. The van der Waals surface area contributed by atoms with Gasteiger partial charge in [-0.05, 0) is 37.3 Å². The zero-order valence-corrected chi connectivity index (χ0v) is 13.1. The number of rotatable bonds is 2. The summed E-state index contributed by atoms with van der Waals surface area (Å²) < 4.78 is 6.30. The van der Waals surface area contributed by atoms with E-state index in [1.165, 1.54) is 12.0 Å². The van der Waals surface area contributed by atoms with Gasteiger partial charge in [0.1, 0.15) is 12.2 Å². The number of carbonyl (C=O) groups excluding carboxylic acids is 1. The number of hydrogen-bond acceptors (Lipinski definition) is 2. The number of benzene rings is 1. The quantitative estimate of drug-likeness (QED) is 0.589. The fraction of sp³-hybridized carbons (Fsp3) is 0.286. The van der Waals surface area contributed by atoms with Crippen LogP contribution in [0.2, 0.25) is 0 Å². The van der Waals surface area contributed by atoms with Crippen LogP contribution in [0.5, 0.6) is 0 Å². The van der Waals surface area contributed by atoms with Gasteiger partial charge in [-0.1, -0.05) is 60.2 Å². The van der Waals surface area contributed by atoms with E-state index in [2.05, 4.69) is 18.2 Å². The molecule has 2 heteroatoms. The Morgan fingerprint density at radius 2 is 2.00 bits per heavy atom. The average molecular weight is 304 g/mol. The van der Waals surface area contributed by atoms with Crippen LogP contribution < -0.4 is 0 Å². The Kier molecular flexibility index (Phi) is 3.84. The summed E-state index contributed by atoms with van der Waals surface area (Å²) in [5.41, 5.74) is 3.89. The van der Waals surface area contributed by atoms with Crippen molar-refractivity contribution in [1.29, 1.82) is 0 Å². The molecule has 2 aliphatic carbocycles. The van der Waals surface area contributed by atoms with Gasteiger partial charge in [0.2, 0.25) is 0 Å². The molecule has 1 saturated heterocycles. The number of allylic oxidation sites excluding steroid dienone is 5. The summed E-state index contributed by atoms with van der Waals surface area (Å²) in [6.07, 6.45) is 14.1.